The number of hydrogen-bond acceptors (Lipinski definition) is 7. The molecule has 3 atom stereocenters. The van der Waals surface area contributed by atoms with Crippen molar-refractivity contribution in [2.75, 3.05) is 12.4 Å². The fourth-order valence-corrected chi connectivity index (χ4v) is 4.63. The predicted octanol–water partition coefficient (Wildman–Crippen LogP) is -0.302. The number of amides is 4. The Morgan fingerprint density at radius 2 is 1.97 bits per heavy atom. The van der Waals surface area contributed by atoms with Crippen molar-refractivity contribution in [3.8, 4) is 0 Å². The van der Waals surface area contributed by atoms with E-state index in [4.69, 9.17) is 10.5 Å². The van der Waals surface area contributed by atoms with E-state index in [0.717, 1.165) is 4.90 Å². The lowest BCUT2D eigenvalue weighted by molar-refractivity contribution is -0.151. The first-order valence-electron chi connectivity index (χ1n) is 9.15. The van der Waals surface area contributed by atoms with Gasteiger partial charge in [0.2, 0.25) is 5.91 Å². The van der Waals surface area contributed by atoms with Gasteiger partial charge in [-0.25, -0.2) is 9.59 Å². The average Bonchev–Trinajstić information content (AvgIpc) is 2.73. The topological polar surface area (TPSA) is 168 Å². The second kappa shape index (κ2) is 9.08. The van der Waals surface area contributed by atoms with Gasteiger partial charge in [-0.1, -0.05) is 30.3 Å². The standard InChI is InChI=1S/C19H20N4O7S/c1-9(24)30-7-11-8-31-17-13(16(26)23(17)14(11)18(27)28)21-15(25)12(22-19(20)29)10-5-3-2-4-6-10/h2-6,12-13,17H,7-8H2,1H3,(H,21,25)(H,27,28)(H3,20,22,29)/t12?,13-,17-/m1/s1. The number of aliphatic carboxylic acids is 1. The normalized spacial score (nSPS) is 20.8. The Morgan fingerprint density at radius 3 is 2.55 bits per heavy atom. The van der Waals surface area contributed by atoms with Gasteiger partial charge in [0.15, 0.2) is 0 Å². The van der Waals surface area contributed by atoms with Crippen molar-refractivity contribution in [2.24, 2.45) is 5.73 Å². The van der Waals surface area contributed by atoms with Crippen LogP contribution in [0.2, 0.25) is 0 Å². The van der Waals surface area contributed by atoms with Crippen LogP contribution < -0.4 is 16.4 Å². The molecule has 31 heavy (non-hydrogen) atoms. The van der Waals surface area contributed by atoms with Crippen LogP contribution in [0.5, 0.6) is 0 Å². The molecule has 1 unspecified atom stereocenters. The molecular formula is C19H20N4O7S. The highest BCUT2D eigenvalue weighted by Crippen LogP contribution is 2.40. The van der Waals surface area contributed by atoms with Crippen LogP contribution in [0.25, 0.3) is 0 Å². The Morgan fingerprint density at radius 1 is 1.29 bits per heavy atom. The number of nitrogens with zero attached hydrogens (tertiary/aromatic N) is 1. The maximum atomic E-state index is 12.8. The van der Waals surface area contributed by atoms with Gasteiger partial charge in [0, 0.05) is 18.2 Å². The van der Waals surface area contributed by atoms with Crippen molar-refractivity contribution in [2.45, 2.75) is 24.4 Å². The Labute approximate surface area is 181 Å². The third-order valence-electron chi connectivity index (χ3n) is 4.68. The maximum absolute atomic E-state index is 12.8. The van der Waals surface area contributed by atoms with E-state index in [1.165, 1.54) is 18.7 Å². The molecule has 0 saturated carbocycles. The van der Waals surface area contributed by atoms with Gasteiger partial charge < -0.3 is 26.2 Å². The molecule has 2 aliphatic heterocycles. The first-order valence-corrected chi connectivity index (χ1v) is 10.2. The summed E-state index contributed by atoms with van der Waals surface area (Å²) in [4.78, 5) is 60.7. The number of thioether (sulfide) groups is 1. The third kappa shape index (κ3) is 4.63. The highest BCUT2D eigenvalue weighted by molar-refractivity contribution is 8.00. The summed E-state index contributed by atoms with van der Waals surface area (Å²) in [5.41, 5.74) is 5.68. The molecule has 12 heteroatoms. The first-order chi connectivity index (χ1) is 14.7. The molecule has 0 aliphatic carbocycles. The molecule has 0 aromatic heterocycles. The Bertz CT molecular complexity index is 965. The molecule has 2 aliphatic rings. The number of nitrogens with two attached hydrogens (primary N) is 1. The highest BCUT2D eigenvalue weighted by atomic mass is 32.2. The van der Waals surface area contributed by atoms with E-state index in [9.17, 15) is 29.1 Å². The molecule has 1 saturated heterocycles. The SMILES string of the molecule is CC(=O)OCC1=C(C(=O)O)N2C(=O)[C@@H](NC(=O)C(NC(N)=O)c3ccccc3)[C@H]2SC1. The zero-order valence-corrected chi connectivity index (χ0v) is 17.2. The molecule has 11 nitrogen and oxygen atoms in total. The van der Waals surface area contributed by atoms with Crippen LogP contribution in [-0.4, -0.2) is 63.6 Å². The van der Waals surface area contributed by atoms with E-state index in [0.29, 0.717) is 11.1 Å². The number of carboxylic acid groups (broad SMARTS) is 1. The number of benzene rings is 1. The van der Waals surface area contributed by atoms with E-state index < -0.39 is 47.2 Å². The Hall–Kier alpha value is -3.54. The largest absolute Gasteiger partial charge is 0.477 e. The fourth-order valence-electron chi connectivity index (χ4n) is 3.31. The van der Waals surface area contributed by atoms with Crippen LogP contribution in [0.15, 0.2) is 41.6 Å². The second-order valence-electron chi connectivity index (χ2n) is 6.79. The summed E-state index contributed by atoms with van der Waals surface area (Å²) in [6.45, 7) is 0.958. The van der Waals surface area contributed by atoms with Crippen molar-refractivity contribution in [3.05, 3.63) is 47.2 Å². The van der Waals surface area contributed by atoms with E-state index in [2.05, 4.69) is 10.6 Å². The molecule has 0 spiro atoms. The molecule has 164 valence electrons. The number of urea groups is 1. The number of hydrogen-bond donors (Lipinski definition) is 4. The molecule has 2 heterocycles. The number of primary amides is 1. The lowest BCUT2D eigenvalue weighted by Gasteiger charge is -2.49. The number of carboxylic acids is 1. The second-order valence-corrected chi connectivity index (χ2v) is 7.89. The number of carbonyl (C=O) groups excluding carboxylic acids is 4. The van der Waals surface area contributed by atoms with Crippen molar-refractivity contribution in [1.29, 1.82) is 0 Å². The molecule has 5 N–H and O–H groups in total. The minimum absolute atomic E-state index is 0.206. The molecule has 1 aromatic carbocycles. The molecule has 1 aromatic rings. The number of ether oxygens (including phenoxy) is 1. The highest BCUT2D eigenvalue weighted by Gasteiger charge is 2.54. The van der Waals surface area contributed by atoms with Crippen LogP contribution in [0, 0.1) is 0 Å². The lowest BCUT2D eigenvalue weighted by Crippen LogP contribution is -2.71. The van der Waals surface area contributed by atoms with Crippen molar-refractivity contribution < 1.29 is 33.8 Å². The van der Waals surface area contributed by atoms with Crippen LogP contribution >= 0.6 is 11.8 Å². The number of nitrogens with one attached hydrogen (secondary N) is 2. The summed E-state index contributed by atoms with van der Waals surface area (Å²) >= 11 is 1.23. The Balaban J connectivity index is 1.77. The van der Waals surface area contributed by atoms with Gasteiger partial charge >= 0.3 is 18.0 Å². The van der Waals surface area contributed by atoms with Gasteiger partial charge in [0.1, 0.15) is 29.8 Å². The van der Waals surface area contributed by atoms with E-state index >= 15 is 0 Å². The zero-order chi connectivity index (χ0) is 22.7. The molecule has 0 bridgehead atoms. The maximum Gasteiger partial charge on any atom is 0.352 e. The Kier molecular flexibility index (Phi) is 6.49. The molecule has 4 amide bonds. The summed E-state index contributed by atoms with van der Waals surface area (Å²) in [7, 11) is 0. The van der Waals surface area contributed by atoms with Crippen molar-refractivity contribution in [3.63, 3.8) is 0 Å². The summed E-state index contributed by atoms with van der Waals surface area (Å²) in [6, 6.07) is 5.32. The van der Waals surface area contributed by atoms with Gasteiger partial charge in [-0.2, -0.15) is 0 Å². The van der Waals surface area contributed by atoms with Crippen molar-refractivity contribution in [1.82, 2.24) is 15.5 Å². The van der Waals surface area contributed by atoms with Crippen LogP contribution in [-0.2, 0) is 23.9 Å². The van der Waals surface area contributed by atoms with E-state index in [-0.39, 0.29) is 18.1 Å². The monoisotopic (exact) mass is 448 g/mol. The third-order valence-corrected chi connectivity index (χ3v) is 6.02. The number of fused-ring (bicyclic) bond motifs is 1. The van der Waals surface area contributed by atoms with Gasteiger partial charge in [-0.05, 0) is 5.56 Å². The summed E-state index contributed by atoms with van der Waals surface area (Å²) < 4.78 is 4.88. The average molecular weight is 448 g/mol. The van der Waals surface area contributed by atoms with Crippen LogP contribution in [0.4, 0.5) is 4.79 Å². The first kappa shape index (κ1) is 22.2. The van der Waals surface area contributed by atoms with E-state index in [1.54, 1.807) is 30.3 Å². The van der Waals surface area contributed by atoms with E-state index in [1.807, 2.05) is 0 Å². The molecule has 0 radical (unpaired) electrons. The number of β-lactam (4-membered cyclic amide) rings is 1. The minimum atomic E-state index is -1.33. The molecular weight excluding hydrogens is 428 g/mol. The summed E-state index contributed by atoms with van der Waals surface area (Å²) in [5.74, 6) is -2.97. The fraction of sp³-hybridized carbons (Fsp3) is 0.316. The number of esters is 1. The number of carbonyl (C=O) groups is 5. The van der Waals surface area contributed by atoms with Crippen LogP contribution in [0.3, 0.4) is 0 Å². The number of rotatable bonds is 7. The quantitative estimate of drug-likeness (QED) is 0.325. The molecule has 3 rings (SSSR count). The van der Waals surface area contributed by atoms with Gasteiger partial charge in [-0.15, -0.1) is 11.8 Å². The predicted molar refractivity (Wildman–Crippen MR) is 108 cm³/mol. The van der Waals surface area contributed by atoms with Crippen molar-refractivity contribution >= 4 is 41.5 Å². The summed E-state index contributed by atoms with van der Waals surface area (Å²) in [5, 5.41) is 13.8. The minimum Gasteiger partial charge on any atom is -0.477 e. The van der Waals surface area contributed by atoms with Gasteiger partial charge in [0.25, 0.3) is 5.91 Å². The van der Waals surface area contributed by atoms with Gasteiger partial charge in [0.05, 0.1) is 0 Å². The molecule has 1 fully saturated rings. The van der Waals surface area contributed by atoms with Gasteiger partial charge in [-0.3, -0.25) is 19.3 Å². The van der Waals surface area contributed by atoms with Crippen LogP contribution in [0.1, 0.15) is 18.5 Å². The smallest absolute Gasteiger partial charge is 0.352 e. The summed E-state index contributed by atoms with van der Waals surface area (Å²) in [6.07, 6.45) is 0. The zero-order valence-electron chi connectivity index (χ0n) is 16.4. The lowest BCUT2D eigenvalue weighted by atomic mass is 10.0.